The van der Waals surface area contributed by atoms with E-state index in [1.165, 1.54) is 56.3 Å². The molecule has 0 aliphatic heterocycles. The molecule has 0 spiro atoms. The zero-order valence-electron chi connectivity index (χ0n) is 24.6. The SMILES string of the molecule is COc1ccc(OC)c(/C=C(/NC(=O)c2ccccc2)C(=O)Nc2cccc(SC(C)C(=O)Nc3ccc([N+](=O)[O-])cc3)c2)c1. The molecule has 0 fully saturated rings. The van der Waals surface area contributed by atoms with E-state index in [1.807, 2.05) is 0 Å². The van der Waals surface area contributed by atoms with Gasteiger partial charge in [0.1, 0.15) is 17.2 Å². The maximum absolute atomic E-state index is 13.6. The Morgan fingerprint density at radius 1 is 0.844 bits per heavy atom. The number of thioether (sulfide) groups is 1. The predicted molar refractivity (Wildman–Crippen MR) is 174 cm³/mol. The number of carbonyl (C=O) groups excluding carboxylic acids is 3. The number of nitrogens with zero attached hydrogens (tertiary/aromatic N) is 1. The summed E-state index contributed by atoms with van der Waals surface area (Å²) in [6.45, 7) is 1.72. The summed E-state index contributed by atoms with van der Waals surface area (Å²) in [5.41, 5.74) is 1.63. The quantitative estimate of drug-likeness (QED) is 0.0735. The number of nitrogens with one attached hydrogen (secondary N) is 3. The second-order valence-corrected chi connectivity index (χ2v) is 10.9. The molecule has 1 unspecified atom stereocenters. The fourth-order valence-corrected chi connectivity index (χ4v) is 4.99. The van der Waals surface area contributed by atoms with Crippen LogP contribution in [0.25, 0.3) is 6.08 Å². The van der Waals surface area contributed by atoms with Crippen molar-refractivity contribution in [3.63, 3.8) is 0 Å². The smallest absolute Gasteiger partial charge is 0.272 e. The number of anilines is 2. The number of amides is 3. The second kappa shape index (κ2) is 15.2. The van der Waals surface area contributed by atoms with E-state index in [1.54, 1.807) is 79.7 Å². The molecule has 0 heterocycles. The number of nitro benzene ring substituents is 1. The van der Waals surface area contributed by atoms with Crippen molar-refractivity contribution in [2.75, 3.05) is 24.9 Å². The molecule has 0 saturated carbocycles. The first kappa shape index (κ1) is 32.3. The van der Waals surface area contributed by atoms with Crippen molar-refractivity contribution >= 4 is 52.6 Å². The van der Waals surface area contributed by atoms with Crippen LogP contribution in [0.3, 0.4) is 0 Å². The molecule has 4 aromatic carbocycles. The molecule has 0 aliphatic carbocycles. The van der Waals surface area contributed by atoms with Crippen molar-refractivity contribution in [3.8, 4) is 11.5 Å². The van der Waals surface area contributed by atoms with Crippen LogP contribution >= 0.6 is 11.8 Å². The van der Waals surface area contributed by atoms with Crippen LogP contribution in [-0.2, 0) is 9.59 Å². The average Bonchev–Trinajstić information content (AvgIpc) is 3.05. The molecule has 0 aliphatic rings. The Morgan fingerprint density at radius 3 is 2.24 bits per heavy atom. The fraction of sp³-hybridized carbons (Fsp3) is 0.121. The molecule has 0 aromatic heterocycles. The molecule has 0 radical (unpaired) electrons. The largest absolute Gasteiger partial charge is 0.497 e. The third kappa shape index (κ3) is 8.94. The Morgan fingerprint density at radius 2 is 1.58 bits per heavy atom. The Hall–Kier alpha value is -5.62. The van der Waals surface area contributed by atoms with Gasteiger partial charge in [0.15, 0.2) is 0 Å². The minimum Gasteiger partial charge on any atom is -0.497 e. The van der Waals surface area contributed by atoms with E-state index in [9.17, 15) is 24.5 Å². The zero-order chi connectivity index (χ0) is 32.3. The number of carbonyl (C=O) groups is 3. The van der Waals surface area contributed by atoms with Crippen molar-refractivity contribution in [2.24, 2.45) is 0 Å². The second-order valence-electron chi connectivity index (χ2n) is 9.52. The topological polar surface area (TPSA) is 149 Å². The van der Waals surface area contributed by atoms with Crippen LogP contribution in [0.15, 0.2) is 108 Å². The third-order valence-electron chi connectivity index (χ3n) is 6.39. The van der Waals surface area contributed by atoms with Gasteiger partial charge in [-0.3, -0.25) is 24.5 Å². The van der Waals surface area contributed by atoms with Crippen molar-refractivity contribution < 1.29 is 28.8 Å². The van der Waals surface area contributed by atoms with Crippen molar-refractivity contribution in [3.05, 3.63) is 124 Å². The molecule has 3 N–H and O–H groups in total. The number of nitro groups is 1. The minimum atomic E-state index is -0.588. The molecule has 3 amide bonds. The summed E-state index contributed by atoms with van der Waals surface area (Å²) in [7, 11) is 3.02. The predicted octanol–water partition coefficient (Wildman–Crippen LogP) is 6.14. The van der Waals surface area contributed by atoms with Crippen LogP contribution < -0.4 is 25.4 Å². The molecule has 1 atom stereocenters. The van der Waals surface area contributed by atoms with Crippen LogP contribution in [0.2, 0.25) is 0 Å². The lowest BCUT2D eigenvalue weighted by Crippen LogP contribution is -2.30. The summed E-state index contributed by atoms with van der Waals surface area (Å²) < 4.78 is 10.8. The highest BCUT2D eigenvalue weighted by atomic mass is 32.2. The van der Waals surface area contributed by atoms with Crippen LogP contribution in [0, 0.1) is 10.1 Å². The van der Waals surface area contributed by atoms with Gasteiger partial charge in [0.25, 0.3) is 17.5 Å². The molecular weight excluding hydrogens is 596 g/mol. The third-order valence-corrected chi connectivity index (χ3v) is 7.48. The number of methoxy groups -OCH3 is 2. The van der Waals surface area contributed by atoms with Crippen molar-refractivity contribution in [2.45, 2.75) is 17.1 Å². The van der Waals surface area contributed by atoms with Gasteiger partial charge >= 0.3 is 0 Å². The van der Waals surface area contributed by atoms with Gasteiger partial charge in [-0.1, -0.05) is 24.3 Å². The summed E-state index contributed by atoms with van der Waals surface area (Å²) in [5.74, 6) is -0.363. The monoisotopic (exact) mass is 626 g/mol. The van der Waals surface area contributed by atoms with Gasteiger partial charge in [0.05, 0.1) is 24.4 Å². The van der Waals surface area contributed by atoms with Gasteiger partial charge in [0.2, 0.25) is 5.91 Å². The Kier molecular flexibility index (Phi) is 10.9. The van der Waals surface area contributed by atoms with E-state index in [4.69, 9.17) is 9.47 Å². The summed E-state index contributed by atoms with van der Waals surface area (Å²) in [6.07, 6.45) is 1.50. The standard InChI is InChI=1S/C33H30N4O7S/c1-21(31(38)34-24-12-14-26(15-13-24)37(41)42)45-28-11-7-10-25(20-28)35-33(40)29(36-32(39)22-8-5-4-6-9-22)19-23-18-27(43-2)16-17-30(23)44-3/h4-21H,1-3H3,(H,34,38)(H,35,40)(H,36,39)/b29-19+. The van der Waals surface area contributed by atoms with Gasteiger partial charge in [-0.15, -0.1) is 11.8 Å². The van der Waals surface area contributed by atoms with Crippen molar-refractivity contribution in [1.29, 1.82) is 0 Å². The average molecular weight is 627 g/mol. The van der Waals surface area contributed by atoms with Crippen LogP contribution in [0.1, 0.15) is 22.8 Å². The van der Waals surface area contributed by atoms with E-state index < -0.39 is 22.0 Å². The first-order valence-corrected chi connectivity index (χ1v) is 14.5. The van der Waals surface area contributed by atoms with Crippen LogP contribution in [0.4, 0.5) is 17.1 Å². The van der Waals surface area contributed by atoms with Crippen LogP contribution in [0.5, 0.6) is 11.5 Å². The lowest BCUT2D eigenvalue weighted by Gasteiger charge is -2.15. The minimum absolute atomic E-state index is 0.0377. The maximum atomic E-state index is 13.6. The lowest BCUT2D eigenvalue weighted by atomic mass is 10.1. The molecule has 4 aromatic rings. The van der Waals surface area contributed by atoms with E-state index in [-0.39, 0.29) is 17.3 Å². The summed E-state index contributed by atoms with van der Waals surface area (Å²) in [4.78, 5) is 50.4. The zero-order valence-corrected chi connectivity index (χ0v) is 25.4. The first-order chi connectivity index (χ1) is 21.7. The van der Waals surface area contributed by atoms with Gasteiger partial charge in [0, 0.05) is 39.5 Å². The maximum Gasteiger partial charge on any atom is 0.272 e. The molecular formula is C33H30N4O7S. The molecule has 0 bridgehead atoms. The van der Waals surface area contributed by atoms with Crippen molar-refractivity contribution in [1.82, 2.24) is 5.32 Å². The Bertz CT molecular complexity index is 1730. The first-order valence-electron chi connectivity index (χ1n) is 13.6. The Balaban J connectivity index is 1.51. The normalized spacial score (nSPS) is 11.6. The van der Waals surface area contributed by atoms with Gasteiger partial charge in [-0.05, 0) is 73.7 Å². The highest BCUT2D eigenvalue weighted by molar-refractivity contribution is 8.00. The number of ether oxygens (including phenoxy) is 2. The molecule has 230 valence electrons. The Labute approximate surface area is 263 Å². The highest BCUT2D eigenvalue weighted by Crippen LogP contribution is 2.28. The van der Waals surface area contributed by atoms with Gasteiger partial charge < -0.3 is 25.4 Å². The number of rotatable bonds is 12. The summed E-state index contributed by atoms with van der Waals surface area (Å²) in [5, 5.41) is 18.6. The molecule has 0 saturated heterocycles. The van der Waals surface area contributed by atoms with E-state index in [0.29, 0.717) is 38.9 Å². The molecule has 4 rings (SSSR count). The molecule has 11 nitrogen and oxygen atoms in total. The van der Waals surface area contributed by atoms with Gasteiger partial charge in [-0.2, -0.15) is 0 Å². The summed E-state index contributed by atoms with van der Waals surface area (Å²) in [6, 6.07) is 26.1. The fourth-order valence-electron chi connectivity index (χ4n) is 4.06. The lowest BCUT2D eigenvalue weighted by molar-refractivity contribution is -0.384. The van der Waals surface area contributed by atoms with Crippen LogP contribution in [-0.4, -0.2) is 42.1 Å². The van der Waals surface area contributed by atoms with Gasteiger partial charge in [-0.25, -0.2) is 0 Å². The highest BCUT2D eigenvalue weighted by Gasteiger charge is 2.18. The summed E-state index contributed by atoms with van der Waals surface area (Å²) >= 11 is 1.26. The van der Waals surface area contributed by atoms with E-state index in [2.05, 4.69) is 16.0 Å². The number of benzene rings is 4. The molecule has 45 heavy (non-hydrogen) atoms. The molecule has 12 heteroatoms. The number of hydrogen-bond donors (Lipinski definition) is 3. The van der Waals surface area contributed by atoms with E-state index >= 15 is 0 Å². The number of non-ortho nitro benzene ring substituents is 1. The van der Waals surface area contributed by atoms with E-state index in [0.717, 1.165) is 0 Å². The number of hydrogen-bond acceptors (Lipinski definition) is 8.